The van der Waals surface area contributed by atoms with Crippen LogP contribution < -0.4 is 24.8 Å². The molecule has 1 aromatic heterocycles. The Balaban J connectivity index is 0. The van der Waals surface area contributed by atoms with E-state index in [-0.39, 0.29) is 47.9 Å². The molecule has 2 rings (SSSR count). The Hall–Kier alpha value is -0.644. The second-order valence-corrected chi connectivity index (χ2v) is 11.8. The normalized spacial score (nSPS) is 11.8. The van der Waals surface area contributed by atoms with Crippen molar-refractivity contribution < 1.29 is 41.9 Å². The van der Waals surface area contributed by atoms with Gasteiger partial charge in [0.2, 0.25) is 0 Å². The van der Waals surface area contributed by atoms with Crippen LogP contribution in [0.5, 0.6) is 0 Å². The van der Waals surface area contributed by atoms with E-state index in [4.69, 9.17) is 4.99 Å². The topological polar surface area (TPSA) is 25.2 Å². The van der Waals surface area contributed by atoms with E-state index in [0.717, 1.165) is 11.7 Å². The molecule has 23 heavy (non-hydrogen) atoms. The third kappa shape index (κ3) is 9.28. The number of aromatic nitrogens is 1. The van der Waals surface area contributed by atoms with Gasteiger partial charge in [0, 0.05) is 20.5 Å². The molecule has 1 aromatic carbocycles. The minimum absolute atomic E-state index is 0. The molecule has 2 aromatic rings. The zero-order valence-corrected chi connectivity index (χ0v) is 17.2. The van der Waals surface area contributed by atoms with Gasteiger partial charge in [-0.1, -0.05) is 56.0 Å². The number of hydrogen-bond acceptors (Lipinski definition) is 2. The maximum absolute atomic E-state index is 4.80. The SMILES string of the molecule is C[Si](C)(C)CC(N=Cc1ccccn1)c1ccccc1.[Cl-].[Cl-].[Fe+2]. The van der Waals surface area contributed by atoms with Crippen LogP contribution in [-0.4, -0.2) is 19.3 Å². The standard InChI is InChI=1S/C17H22N2Si.2ClH.Fe/c1-20(2,3)14-17(15-9-5-4-6-10-15)19-13-16-11-7-8-12-18-16;;;/h4-13,17H,14H2,1-3H3;2*1H;/q;;;+2/p-2. The van der Waals surface area contributed by atoms with Gasteiger partial charge in [0.25, 0.3) is 0 Å². The van der Waals surface area contributed by atoms with Gasteiger partial charge >= 0.3 is 17.1 Å². The summed E-state index contributed by atoms with van der Waals surface area (Å²) in [6.07, 6.45) is 3.70. The van der Waals surface area contributed by atoms with Gasteiger partial charge in [0.1, 0.15) is 0 Å². The summed E-state index contributed by atoms with van der Waals surface area (Å²) in [6, 6.07) is 17.9. The predicted octanol–water partition coefficient (Wildman–Crippen LogP) is -1.41. The van der Waals surface area contributed by atoms with Gasteiger partial charge in [-0.2, -0.15) is 0 Å². The van der Waals surface area contributed by atoms with Gasteiger partial charge in [-0.15, -0.1) is 0 Å². The molecule has 1 heterocycles. The molecule has 0 spiro atoms. The van der Waals surface area contributed by atoms with Crippen molar-refractivity contribution in [3.63, 3.8) is 0 Å². The van der Waals surface area contributed by atoms with Gasteiger partial charge < -0.3 is 24.8 Å². The van der Waals surface area contributed by atoms with Crippen LogP contribution in [0.15, 0.2) is 59.7 Å². The molecule has 1 atom stereocenters. The number of rotatable bonds is 5. The fourth-order valence-corrected chi connectivity index (χ4v) is 3.63. The molecule has 0 bridgehead atoms. The first-order valence-electron chi connectivity index (χ1n) is 7.04. The first-order valence-corrected chi connectivity index (χ1v) is 10.7. The molecule has 0 N–H and O–H groups in total. The van der Waals surface area contributed by atoms with Crippen molar-refractivity contribution in [2.75, 3.05) is 0 Å². The van der Waals surface area contributed by atoms with Crippen molar-refractivity contribution >= 4 is 14.3 Å². The van der Waals surface area contributed by atoms with Crippen molar-refractivity contribution in [2.24, 2.45) is 4.99 Å². The molecule has 0 fully saturated rings. The van der Waals surface area contributed by atoms with Crippen LogP contribution in [0.2, 0.25) is 25.7 Å². The molecule has 0 radical (unpaired) electrons. The van der Waals surface area contributed by atoms with E-state index in [1.807, 2.05) is 24.4 Å². The predicted molar refractivity (Wildman–Crippen MR) is 89.2 cm³/mol. The van der Waals surface area contributed by atoms with E-state index in [1.54, 1.807) is 6.20 Å². The Morgan fingerprint density at radius 1 is 1.00 bits per heavy atom. The maximum Gasteiger partial charge on any atom is 2.00 e. The number of aliphatic imine (C=N–C) groups is 1. The van der Waals surface area contributed by atoms with Crippen LogP contribution in [0.25, 0.3) is 0 Å². The second kappa shape index (κ2) is 11.8. The molecule has 0 aliphatic carbocycles. The molecule has 0 aliphatic heterocycles. The van der Waals surface area contributed by atoms with Crippen LogP contribution in [0.3, 0.4) is 0 Å². The Morgan fingerprint density at radius 3 is 2.13 bits per heavy atom. The summed E-state index contributed by atoms with van der Waals surface area (Å²) in [5, 5.41) is 0. The van der Waals surface area contributed by atoms with Crippen LogP contribution in [0.1, 0.15) is 17.3 Å². The monoisotopic (exact) mass is 408 g/mol. The minimum Gasteiger partial charge on any atom is -1.00 e. The fraction of sp³-hybridized carbons (Fsp3) is 0.294. The van der Waals surface area contributed by atoms with Crippen molar-refractivity contribution in [3.05, 3.63) is 66.0 Å². The largest absolute Gasteiger partial charge is 2.00 e. The van der Waals surface area contributed by atoms with Gasteiger partial charge in [0.15, 0.2) is 0 Å². The smallest absolute Gasteiger partial charge is 1.00 e. The number of hydrogen-bond donors (Lipinski definition) is 0. The molecule has 2 nitrogen and oxygen atoms in total. The van der Waals surface area contributed by atoms with Crippen molar-refractivity contribution in [1.29, 1.82) is 0 Å². The summed E-state index contributed by atoms with van der Waals surface area (Å²) in [5.41, 5.74) is 2.21. The van der Waals surface area contributed by atoms with Crippen molar-refractivity contribution in [1.82, 2.24) is 4.98 Å². The van der Waals surface area contributed by atoms with Gasteiger partial charge in [0.05, 0.1) is 11.7 Å². The van der Waals surface area contributed by atoms with E-state index in [0.29, 0.717) is 0 Å². The molecule has 126 valence electrons. The fourth-order valence-electron chi connectivity index (χ4n) is 2.13. The van der Waals surface area contributed by atoms with Crippen LogP contribution >= 0.6 is 0 Å². The summed E-state index contributed by atoms with van der Waals surface area (Å²) in [6.45, 7) is 7.16. The second-order valence-electron chi connectivity index (χ2n) is 6.22. The molecule has 6 heteroatoms. The summed E-state index contributed by atoms with van der Waals surface area (Å²) in [7, 11) is -1.18. The third-order valence-corrected chi connectivity index (χ3v) is 4.68. The van der Waals surface area contributed by atoms with E-state index in [9.17, 15) is 0 Å². The number of halogens is 2. The zero-order chi connectivity index (χ0) is 14.4. The Kier molecular flexibility index (Phi) is 12.7. The van der Waals surface area contributed by atoms with Gasteiger partial charge in [-0.25, -0.2) is 0 Å². The van der Waals surface area contributed by atoms with E-state index in [2.05, 4.69) is 55.0 Å². The molecular weight excluding hydrogens is 387 g/mol. The van der Waals surface area contributed by atoms with Crippen molar-refractivity contribution in [2.45, 2.75) is 31.7 Å². The van der Waals surface area contributed by atoms with E-state index < -0.39 is 8.07 Å². The Bertz CT molecular complexity index is 560. The third-order valence-electron chi connectivity index (χ3n) is 3.06. The molecule has 0 amide bonds. The molecule has 0 saturated heterocycles. The summed E-state index contributed by atoms with van der Waals surface area (Å²) < 4.78 is 0. The van der Waals surface area contributed by atoms with Crippen molar-refractivity contribution in [3.8, 4) is 0 Å². The summed E-state index contributed by atoms with van der Waals surface area (Å²) in [5.74, 6) is 0. The van der Waals surface area contributed by atoms with E-state index >= 15 is 0 Å². The average Bonchev–Trinajstić information content (AvgIpc) is 2.44. The van der Waals surface area contributed by atoms with Crippen LogP contribution in [0, 0.1) is 0 Å². The summed E-state index contributed by atoms with van der Waals surface area (Å²) >= 11 is 0. The van der Waals surface area contributed by atoms with Crippen LogP contribution in [-0.2, 0) is 17.1 Å². The number of benzene rings is 1. The summed E-state index contributed by atoms with van der Waals surface area (Å²) in [4.78, 5) is 9.10. The first-order chi connectivity index (χ1) is 9.54. The van der Waals surface area contributed by atoms with Gasteiger partial charge in [-0.05, 0) is 23.7 Å². The number of pyridine rings is 1. The van der Waals surface area contributed by atoms with Gasteiger partial charge in [-0.3, -0.25) is 9.98 Å². The number of nitrogens with zero attached hydrogens (tertiary/aromatic N) is 2. The maximum atomic E-state index is 4.80. The molecule has 0 aliphatic rings. The Morgan fingerprint density at radius 2 is 1.61 bits per heavy atom. The van der Waals surface area contributed by atoms with Crippen LogP contribution in [0.4, 0.5) is 0 Å². The van der Waals surface area contributed by atoms with E-state index in [1.165, 1.54) is 5.56 Å². The quantitative estimate of drug-likeness (QED) is 0.440. The molecule has 0 saturated carbocycles. The average molecular weight is 409 g/mol. The zero-order valence-electron chi connectivity index (χ0n) is 13.6. The minimum atomic E-state index is -1.18. The first kappa shape index (κ1) is 24.6. The molecule has 1 unspecified atom stereocenters. The Labute approximate surface area is 163 Å². The molecular formula is C17H22Cl2FeN2Si.